The predicted molar refractivity (Wildman–Crippen MR) is 136 cm³/mol. The number of carbonyl (C=O) groups excluding carboxylic acids is 4. The molecule has 0 aromatic carbocycles. The SMILES string of the molecule is CC(C)C[C@@H](OC(=O)[C@@H](N)CCC(=O)NCCCCCC(=O)O)C(=O)N[C@H](C)C(=O)O[C@H](C(=O)O)C(C)C. The highest BCUT2D eigenvalue weighted by atomic mass is 16.6. The Morgan fingerprint density at radius 2 is 1.47 bits per heavy atom. The van der Waals surface area contributed by atoms with Crippen LogP contribution in [0.1, 0.15) is 79.6 Å². The molecular weight excluding hydrogens is 502 g/mol. The monoisotopic (exact) mass is 545 g/mol. The molecule has 0 aliphatic heterocycles. The number of esters is 2. The summed E-state index contributed by atoms with van der Waals surface area (Å²) in [6.45, 7) is 8.45. The molecule has 13 heteroatoms. The first-order chi connectivity index (χ1) is 17.6. The smallest absolute Gasteiger partial charge is 0.345 e. The quantitative estimate of drug-likeness (QED) is 0.114. The third-order valence-corrected chi connectivity index (χ3v) is 5.42. The Kier molecular flexibility index (Phi) is 16.6. The molecule has 0 saturated carbocycles. The molecule has 0 aromatic rings. The molecule has 0 fully saturated rings. The number of nitrogens with one attached hydrogen (secondary N) is 2. The molecule has 218 valence electrons. The van der Waals surface area contributed by atoms with Gasteiger partial charge in [-0.3, -0.25) is 19.2 Å². The highest BCUT2D eigenvalue weighted by Crippen LogP contribution is 2.12. The number of amides is 2. The van der Waals surface area contributed by atoms with Gasteiger partial charge in [0.05, 0.1) is 0 Å². The third kappa shape index (κ3) is 15.1. The van der Waals surface area contributed by atoms with Gasteiger partial charge in [0.15, 0.2) is 6.10 Å². The van der Waals surface area contributed by atoms with Crippen molar-refractivity contribution in [2.75, 3.05) is 6.54 Å². The van der Waals surface area contributed by atoms with Crippen LogP contribution < -0.4 is 16.4 Å². The lowest BCUT2D eigenvalue weighted by atomic mass is 10.0. The van der Waals surface area contributed by atoms with Gasteiger partial charge in [-0.15, -0.1) is 0 Å². The molecule has 0 aliphatic carbocycles. The van der Waals surface area contributed by atoms with E-state index in [2.05, 4.69) is 10.6 Å². The number of nitrogens with two attached hydrogens (primary N) is 1. The Hall–Kier alpha value is -3.22. The van der Waals surface area contributed by atoms with Crippen LogP contribution >= 0.6 is 0 Å². The van der Waals surface area contributed by atoms with Crippen LogP contribution in [0.4, 0.5) is 0 Å². The molecule has 6 N–H and O–H groups in total. The topological polar surface area (TPSA) is 211 Å². The van der Waals surface area contributed by atoms with E-state index in [4.69, 9.17) is 20.3 Å². The minimum atomic E-state index is -1.38. The third-order valence-electron chi connectivity index (χ3n) is 5.42. The lowest BCUT2D eigenvalue weighted by molar-refractivity contribution is -0.169. The second-order valence-electron chi connectivity index (χ2n) is 9.92. The van der Waals surface area contributed by atoms with Gasteiger partial charge in [-0.25, -0.2) is 9.59 Å². The molecule has 38 heavy (non-hydrogen) atoms. The average Bonchev–Trinajstić information content (AvgIpc) is 2.81. The number of hydrogen-bond acceptors (Lipinski definition) is 9. The number of unbranched alkanes of at least 4 members (excludes halogenated alkanes) is 2. The summed E-state index contributed by atoms with van der Waals surface area (Å²) in [6, 6.07) is -2.36. The number of carboxylic acid groups (broad SMARTS) is 2. The van der Waals surface area contributed by atoms with Crippen molar-refractivity contribution in [3.05, 3.63) is 0 Å². The van der Waals surface area contributed by atoms with Gasteiger partial charge in [-0.05, 0) is 38.5 Å². The van der Waals surface area contributed by atoms with Gasteiger partial charge in [-0.1, -0.05) is 34.1 Å². The summed E-state index contributed by atoms with van der Waals surface area (Å²) in [7, 11) is 0. The molecule has 13 nitrogen and oxygen atoms in total. The fourth-order valence-corrected chi connectivity index (χ4v) is 3.23. The number of carboxylic acids is 2. The van der Waals surface area contributed by atoms with Crippen molar-refractivity contribution in [3.63, 3.8) is 0 Å². The zero-order valence-corrected chi connectivity index (χ0v) is 22.9. The molecule has 0 rings (SSSR count). The predicted octanol–water partition coefficient (Wildman–Crippen LogP) is 0.970. The van der Waals surface area contributed by atoms with Crippen molar-refractivity contribution in [1.29, 1.82) is 0 Å². The van der Waals surface area contributed by atoms with Crippen LogP contribution in [0.3, 0.4) is 0 Å². The lowest BCUT2D eigenvalue weighted by Crippen LogP contribution is -2.49. The van der Waals surface area contributed by atoms with Gasteiger partial charge in [0, 0.05) is 25.3 Å². The van der Waals surface area contributed by atoms with Crippen molar-refractivity contribution in [2.45, 2.75) is 104 Å². The van der Waals surface area contributed by atoms with Crippen molar-refractivity contribution in [1.82, 2.24) is 10.6 Å². The Bertz CT molecular complexity index is 815. The number of ether oxygens (including phenoxy) is 2. The zero-order chi connectivity index (χ0) is 29.4. The maximum atomic E-state index is 12.8. The Morgan fingerprint density at radius 3 is 2.00 bits per heavy atom. The largest absolute Gasteiger partial charge is 0.481 e. The summed E-state index contributed by atoms with van der Waals surface area (Å²) in [4.78, 5) is 71.2. The van der Waals surface area contributed by atoms with E-state index in [1.165, 1.54) is 6.92 Å². The first-order valence-corrected chi connectivity index (χ1v) is 12.8. The molecule has 0 saturated heterocycles. The van der Waals surface area contributed by atoms with Gasteiger partial charge in [0.1, 0.15) is 12.1 Å². The summed E-state index contributed by atoms with van der Waals surface area (Å²) >= 11 is 0. The van der Waals surface area contributed by atoms with Gasteiger partial charge >= 0.3 is 23.9 Å². The van der Waals surface area contributed by atoms with Crippen LogP contribution in [0.2, 0.25) is 0 Å². The summed E-state index contributed by atoms with van der Waals surface area (Å²) in [5.41, 5.74) is 5.86. The molecule has 0 aliphatic rings. The number of hydrogen-bond donors (Lipinski definition) is 5. The van der Waals surface area contributed by atoms with E-state index in [0.717, 1.165) is 0 Å². The number of rotatable bonds is 19. The van der Waals surface area contributed by atoms with E-state index in [0.29, 0.717) is 25.8 Å². The standard InChI is InChI=1S/C25H43N3O10/c1-14(2)13-18(22(32)28-16(5)24(35)38-21(15(3)4)23(33)34)37-25(36)17(26)10-11-19(29)27-12-8-6-7-9-20(30)31/h14-18,21H,6-13,26H2,1-5H3,(H,27,29)(H,28,32)(H,30,31)(H,33,34)/t16-,17+,18-,21+/m1/s1. The summed E-state index contributed by atoms with van der Waals surface area (Å²) in [5.74, 6) is -5.63. The first-order valence-electron chi connectivity index (χ1n) is 12.8. The van der Waals surface area contributed by atoms with Crippen molar-refractivity contribution >= 4 is 35.7 Å². The number of carbonyl (C=O) groups is 6. The van der Waals surface area contributed by atoms with E-state index in [9.17, 15) is 33.9 Å². The number of aliphatic carboxylic acids is 2. The first kappa shape index (κ1) is 34.8. The lowest BCUT2D eigenvalue weighted by Gasteiger charge is -2.24. The van der Waals surface area contributed by atoms with Crippen LogP contribution in [0.5, 0.6) is 0 Å². The maximum Gasteiger partial charge on any atom is 0.345 e. The fourth-order valence-electron chi connectivity index (χ4n) is 3.23. The van der Waals surface area contributed by atoms with Crippen molar-refractivity contribution in [2.24, 2.45) is 17.6 Å². The molecule has 0 spiro atoms. The van der Waals surface area contributed by atoms with Crippen molar-refractivity contribution in [3.8, 4) is 0 Å². The van der Waals surface area contributed by atoms with Crippen LogP contribution in [0.15, 0.2) is 0 Å². The molecular formula is C25H43N3O10. The van der Waals surface area contributed by atoms with Crippen LogP contribution in [0, 0.1) is 11.8 Å². The molecule has 0 bridgehead atoms. The van der Waals surface area contributed by atoms with E-state index in [1.54, 1.807) is 27.7 Å². The minimum absolute atomic E-state index is 0.0196. The van der Waals surface area contributed by atoms with Crippen molar-refractivity contribution < 1.29 is 48.5 Å². The molecule has 0 unspecified atom stereocenters. The maximum absolute atomic E-state index is 12.8. The van der Waals surface area contributed by atoms with Crippen LogP contribution in [-0.2, 0) is 38.2 Å². The normalized spacial score (nSPS) is 14.2. The summed E-state index contributed by atoms with van der Waals surface area (Å²) < 4.78 is 10.3. The van der Waals surface area contributed by atoms with Gasteiger partial charge in [-0.2, -0.15) is 0 Å². The molecule has 0 aromatic heterocycles. The van der Waals surface area contributed by atoms with Crippen LogP contribution in [-0.4, -0.2) is 76.7 Å². The Balaban J connectivity index is 4.77. The van der Waals surface area contributed by atoms with Gasteiger partial charge in [0.25, 0.3) is 5.91 Å². The van der Waals surface area contributed by atoms with E-state index in [1.807, 2.05) is 0 Å². The fraction of sp³-hybridized carbons (Fsp3) is 0.760. The molecule has 0 radical (unpaired) electrons. The highest BCUT2D eigenvalue weighted by molar-refractivity contribution is 5.89. The van der Waals surface area contributed by atoms with Gasteiger partial charge in [0.2, 0.25) is 12.0 Å². The van der Waals surface area contributed by atoms with Gasteiger partial charge < -0.3 is 36.1 Å². The van der Waals surface area contributed by atoms with E-state index < -0.39 is 60.0 Å². The Labute approximate surface area is 223 Å². The highest BCUT2D eigenvalue weighted by Gasteiger charge is 2.32. The molecule has 2 amide bonds. The Morgan fingerprint density at radius 1 is 0.842 bits per heavy atom. The van der Waals surface area contributed by atoms with Crippen LogP contribution in [0.25, 0.3) is 0 Å². The minimum Gasteiger partial charge on any atom is -0.481 e. The average molecular weight is 546 g/mol. The summed E-state index contributed by atoms with van der Waals surface area (Å²) in [6.07, 6.45) is -0.684. The van der Waals surface area contributed by atoms with E-state index >= 15 is 0 Å². The second-order valence-corrected chi connectivity index (χ2v) is 9.92. The molecule has 4 atom stereocenters. The summed E-state index contributed by atoms with van der Waals surface area (Å²) in [5, 5.41) is 22.8. The van der Waals surface area contributed by atoms with E-state index in [-0.39, 0.29) is 37.5 Å². The zero-order valence-electron chi connectivity index (χ0n) is 22.9. The second kappa shape index (κ2) is 18.1. The molecule has 0 heterocycles.